The van der Waals surface area contributed by atoms with Crippen molar-refractivity contribution in [2.45, 2.75) is 83.6 Å². The van der Waals surface area contributed by atoms with Gasteiger partial charge in [-0.2, -0.15) is 4.98 Å². The van der Waals surface area contributed by atoms with Gasteiger partial charge in [-0.25, -0.2) is 5.73 Å². The smallest absolute Gasteiger partial charge is 0.257 e. The zero-order chi connectivity index (χ0) is 25.7. The molecule has 1 heterocycles. The number of benzene rings is 3. The Labute approximate surface area is 222 Å². The van der Waals surface area contributed by atoms with Crippen LogP contribution in [-0.2, 0) is 12.8 Å². The van der Waals surface area contributed by atoms with E-state index in [1.165, 1.54) is 62.5 Å². The fraction of sp³-hybridized carbons (Fsp3) is 0.394. The summed E-state index contributed by atoms with van der Waals surface area (Å²) in [6.45, 7) is 2.26. The normalized spacial score (nSPS) is 12.1. The highest BCUT2D eigenvalue weighted by molar-refractivity contribution is 5.64. The summed E-state index contributed by atoms with van der Waals surface area (Å²) in [6, 6.07) is 26.5. The maximum Gasteiger partial charge on any atom is 0.257 e. The zero-order valence-corrected chi connectivity index (χ0v) is 22.2. The van der Waals surface area contributed by atoms with E-state index in [2.05, 4.69) is 65.6 Å². The second-order valence-corrected chi connectivity index (χ2v) is 10.0. The summed E-state index contributed by atoms with van der Waals surface area (Å²) >= 11 is 0. The molecular formula is C33H40N3O. The molecule has 1 radical (unpaired) electrons. The molecule has 0 spiro atoms. The van der Waals surface area contributed by atoms with Crippen LogP contribution in [0.2, 0.25) is 0 Å². The Morgan fingerprint density at radius 1 is 0.703 bits per heavy atom. The van der Waals surface area contributed by atoms with Crippen molar-refractivity contribution >= 4 is 0 Å². The summed E-state index contributed by atoms with van der Waals surface area (Å²) in [7, 11) is 0. The molecule has 4 heteroatoms. The average molecular weight is 495 g/mol. The van der Waals surface area contributed by atoms with E-state index in [1.54, 1.807) is 0 Å². The molecule has 193 valence electrons. The molecular weight excluding hydrogens is 454 g/mol. The van der Waals surface area contributed by atoms with Crippen LogP contribution in [0.3, 0.4) is 0 Å². The van der Waals surface area contributed by atoms with Crippen molar-refractivity contribution in [1.82, 2.24) is 15.9 Å². The molecule has 1 aromatic heterocycles. The van der Waals surface area contributed by atoms with Crippen molar-refractivity contribution in [3.63, 3.8) is 0 Å². The number of unbranched alkanes of at least 4 members (excludes halogenated alkanes) is 8. The monoisotopic (exact) mass is 494 g/mol. The fourth-order valence-electron chi connectivity index (χ4n) is 4.82. The maximum absolute atomic E-state index is 8.82. The van der Waals surface area contributed by atoms with Gasteiger partial charge in [0, 0.05) is 12.0 Å². The molecule has 3 aromatic carbocycles. The van der Waals surface area contributed by atoms with E-state index in [4.69, 9.17) is 10.3 Å². The van der Waals surface area contributed by atoms with Gasteiger partial charge in [0.25, 0.3) is 5.89 Å². The number of aryl methyl sites for hydroxylation is 1. The lowest BCUT2D eigenvalue weighted by molar-refractivity contribution is 0.420. The molecule has 0 amide bonds. The van der Waals surface area contributed by atoms with Crippen molar-refractivity contribution in [1.29, 1.82) is 0 Å². The summed E-state index contributed by atoms with van der Waals surface area (Å²) in [4.78, 5) is 4.64. The van der Waals surface area contributed by atoms with Gasteiger partial charge in [0.1, 0.15) is 0 Å². The van der Waals surface area contributed by atoms with Crippen LogP contribution < -0.4 is 5.73 Å². The van der Waals surface area contributed by atoms with Crippen LogP contribution in [0.4, 0.5) is 0 Å². The first-order valence-corrected chi connectivity index (χ1v) is 14.0. The van der Waals surface area contributed by atoms with Crippen LogP contribution in [0, 0.1) is 0 Å². The van der Waals surface area contributed by atoms with Crippen LogP contribution in [0.25, 0.3) is 22.6 Å². The van der Waals surface area contributed by atoms with Crippen molar-refractivity contribution in [3.05, 3.63) is 95.8 Å². The van der Waals surface area contributed by atoms with Gasteiger partial charge in [0.2, 0.25) is 0 Å². The Hall–Kier alpha value is -3.24. The van der Waals surface area contributed by atoms with E-state index in [9.17, 15) is 0 Å². The lowest BCUT2D eigenvalue weighted by Gasteiger charge is -2.13. The van der Waals surface area contributed by atoms with Crippen molar-refractivity contribution in [3.8, 4) is 22.6 Å². The van der Waals surface area contributed by atoms with E-state index in [0.717, 1.165) is 35.4 Å². The number of nitrogens with zero attached hydrogens (tertiary/aromatic N) is 2. The van der Waals surface area contributed by atoms with Gasteiger partial charge < -0.3 is 4.52 Å². The van der Waals surface area contributed by atoms with Gasteiger partial charge >= 0.3 is 0 Å². The maximum atomic E-state index is 8.82. The molecule has 0 aliphatic rings. The molecule has 0 saturated heterocycles. The summed E-state index contributed by atoms with van der Waals surface area (Å²) in [6.07, 6.45) is 13.2. The lowest BCUT2D eigenvalue weighted by Crippen LogP contribution is -2.04. The van der Waals surface area contributed by atoms with E-state index >= 15 is 0 Å². The van der Waals surface area contributed by atoms with Gasteiger partial charge in [0.05, 0.1) is 6.04 Å². The highest BCUT2D eigenvalue weighted by Gasteiger charge is 2.13. The molecule has 4 nitrogen and oxygen atoms in total. The summed E-state index contributed by atoms with van der Waals surface area (Å²) < 4.78 is 5.58. The van der Waals surface area contributed by atoms with Gasteiger partial charge in [-0.15, -0.1) is 0 Å². The fourth-order valence-corrected chi connectivity index (χ4v) is 4.82. The SMILES string of the molecule is CCCCCCCCCCCc1noc(-c2cccc(C([NH])Cc3cccc(-c4ccccc4)c3)c2)n1. The van der Waals surface area contributed by atoms with Crippen LogP contribution in [0.15, 0.2) is 83.4 Å². The van der Waals surface area contributed by atoms with Crippen LogP contribution in [0.5, 0.6) is 0 Å². The molecule has 0 saturated carbocycles. The van der Waals surface area contributed by atoms with Gasteiger partial charge in [0.15, 0.2) is 5.82 Å². The number of aromatic nitrogens is 2. The molecule has 0 bridgehead atoms. The third-order valence-electron chi connectivity index (χ3n) is 6.98. The molecule has 4 aromatic rings. The summed E-state index contributed by atoms with van der Waals surface area (Å²) in [5.41, 5.74) is 14.2. The second-order valence-electron chi connectivity index (χ2n) is 10.0. The predicted molar refractivity (Wildman–Crippen MR) is 152 cm³/mol. The topological polar surface area (TPSA) is 62.7 Å². The van der Waals surface area contributed by atoms with E-state index in [-0.39, 0.29) is 6.04 Å². The van der Waals surface area contributed by atoms with Gasteiger partial charge in [-0.1, -0.05) is 130 Å². The first kappa shape index (κ1) is 26.8. The van der Waals surface area contributed by atoms with E-state index in [0.29, 0.717) is 12.3 Å². The molecule has 4 rings (SSSR count). The van der Waals surface area contributed by atoms with E-state index < -0.39 is 0 Å². The van der Waals surface area contributed by atoms with Crippen molar-refractivity contribution in [2.75, 3.05) is 0 Å². The van der Waals surface area contributed by atoms with Crippen LogP contribution in [-0.4, -0.2) is 10.1 Å². The van der Waals surface area contributed by atoms with Crippen molar-refractivity contribution in [2.24, 2.45) is 0 Å². The zero-order valence-electron chi connectivity index (χ0n) is 22.2. The number of nitrogens with one attached hydrogen (secondary N) is 1. The third kappa shape index (κ3) is 8.40. The van der Waals surface area contributed by atoms with Gasteiger partial charge in [-0.3, -0.25) is 0 Å². The Balaban J connectivity index is 1.28. The highest BCUT2D eigenvalue weighted by atomic mass is 16.5. The minimum atomic E-state index is -0.365. The third-order valence-corrected chi connectivity index (χ3v) is 6.98. The summed E-state index contributed by atoms with van der Waals surface area (Å²) in [5.74, 6) is 1.33. The molecule has 0 fully saturated rings. The van der Waals surface area contributed by atoms with Gasteiger partial charge in [-0.05, 0) is 47.2 Å². The number of rotatable bonds is 15. The largest absolute Gasteiger partial charge is 0.334 e. The quantitative estimate of drug-likeness (QED) is 0.155. The Bertz CT molecular complexity index is 1200. The molecule has 0 aliphatic heterocycles. The van der Waals surface area contributed by atoms with Crippen LogP contribution in [0.1, 0.15) is 87.7 Å². The minimum absolute atomic E-state index is 0.365. The predicted octanol–water partition coefficient (Wildman–Crippen LogP) is 9.04. The molecule has 1 N–H and O–H groups in total. The molecule has 1 unspecified atom stereocenters. The minimum Gasteiger partial charge on any atom is -0.334 e. The first-order valence-electron chi connectivity index (χ1n) is 14.0. The number of hydrogen-bond acceptors (Lipinski definition) is 3. The van der Waals surface area contributed by atoms with Crippen LogP contribution >= 0.6 is 0 Å². The standard InChI is InChI=1S/C33H40N3O/c1-2-3-4-5-6-7-8-9-13-22-32-35-33(37-36-32)30-21-15-20-29(25-30)31(34)24-26-16-14-19-28(23-26)27-17-11-10-12-18-27/h10-12,14-21,23,25,31,34H,2-9,13,22,24H2,1H3. The molecule has 37 heavy (non-hydrogen) atoms. The Morgan fingerprint density at radius 3 is 2.16 bits per heavy atom. The molecule has 0 aliphatic carbocycles. The average Bonchev–Trinajstić information content (AvgIpc) is 3.42. The summed E-state index contributed by atoms with van der Waals surface area (Å²) in [5, 5.41) is 4.21. The lowest BCUT2D eigenvalue weighted by atomic mass is 9.95. The van der Waals surface area contributed by atoms with E-state index in [1.807, 2.05) is 30.3 Å². The van der Waals surface area contributed by atoms with Crippen molar-refractivity contribution < 1.29 is 4.52 Å². The second kappa shape index (κ2) is 14.5. The highest BCUT2D eigenvalue weighted by Crippen LogP contribution is 2.26. The Morgan fingerprint density at radius 2 is 1.38 bits per heavy atom. The number of hydrogen-bond donors (Lipinski definition) is 0. The molecule has 1 atom stereocenters. The first-order chi connectivity index (χ1) is 18.2. The Kier molecular flexibility index (Phi) is 10.5.